The third kappa shape index (κ3) is 1.90. The number of hydrogen-bond donors (Lipinski definition) is 2. The van der Waals surface area contributed by atoms with E-state index in [0.717, 1.165) is 47.0 Å². The second kappa shape index (κ2) is 5.24. The molecule has 0 unspecified atom stereocenters. The van der Waals surface area contributed by atoms with E-state index in [9.17, 15) is 9.59 Å². The summed E-state index contributed by atoms with van der Waals surface area (Å²) in [5.41, 5.74) is 2.38. The highest BCUT2D eigenvalue weighted by atomic mass is 16.5. The molecule has 166 valence electrons. The number of H-pyrrole nitrogens is 1. The average molecular weight is 432 g/mol. The number of nitrogens with one attached hydrogen (secondary N) is 2. The fourth-order valence-corrected chi connectivity index (χ4v) is 7.56. The third-order valence-corrected chi connectivity index (χ3v) is 9.09. The van der Waals surface area contributed by atoms with Gasteiger partial charge in [0.15, 0.2) is 0 Å². The highest BCUT2D eigenvalue weighted by molar-refractivity contribution is 6.06. The highest BCUT2D eigenvalue weighted by Crippen LogP contribution is 2.59. The van der Waals surface area contributed by atoms with Gasteiger partial charge in [0.05, 0.1) is 5.52 Å². The minimum Gasteiger partial charge on any atom is -0.483 e. The van der Waals surface area contributed by atoms with Crippen LogP contribution in [0.2, 0.25) is 0 Å². The van der Waals surface area contributed by atoms with Gasteiger partial charge in [-0.1, -0.05) is 13.8 Å². The van der Waals surface area contributed by atoms with Crippen LogP contribution < -0.4 is 10.1 Å². The number of carbonyl (C=O) groups is 2. The van der Waals surface area contributed by atoms with Crippen molar-refractivity contribution in [3.63, 3.8) is 0 Å². The van der Waals surface area contributed by atoms with Crippen molar-refractivity contribution >= 4 is 28.8 Å². The van der Waals surface area contributed by atoms with Crippen LogP contribution >= 0.6 is 0 Å². The molecule has 32 heavy (non-hydrogen) atoms. The van der Waals surface area contributed by atoms with E-state index in [0.29, 0.717) is 13.0 Å². The summed E-state index contributed by atoms with van der Waals surface area (Å²) in [6.45, 7) is 9.29. The summed E-state index contributed by atoms with van der Waals surface area (Å²) in [5.74, 6) is 1.13. The van der Waals surface area contributed by atoms with E-state index < -0.39 is 11.1 Å². The van der Waals surface area contributed by atoms with Crippen LogP contribution in [0.1, 0.15) is 63.8 Å². The lowest BCUT2D eigenvalue weighted by Crippen LogP contribution is -2.84. The molecule has 1 aromatic heterocycles. The van der Waals surface area contributed by atoms with Gasteiger partial charge in [-0.15, -0.1) is 0 Å². The van der Waals surface area contributed by atoms with E-state index in [4.69, 9.17) is 4.74 Å². The summed E-state index contributed by atoms with van der Waals surface area (Å²) in [6, 6.07) is 4.16. The summed E-state index contributed by atoms with van der Waals surface area (Å²) >= 11 is 0. The molecule has 0 saturated carbocycles. The number of piperidine rings is 2. The van der Waals surface area contributed by atoms with Crippen LogP contribution in [0, 0.1) is 5.92 Å². The highest BCUT2D eigenvalue weighted by Gasteiger charge is 2.72. The maximum Gasteiger partial charge on any atom is 0.249 e. The maximum absolute atomic E-state index is 13.9. The molecule has 1 aromatic carbocycles. The van der Waals surface area contributed by atoms with Crippen LogP contribution in [0.15, 0.2) is 18.2 Å². The zero-order valence-electron chi connectivity index (χ0n) is 19.1. The quantitative estimate of drug-likeness (QED) is 0.671. The van der Waals surface area contributed by atoms with E-state index in [1.807, 2.05) is 11.0 Å². The molecule has 4 saturated heterocycles. The standard InChI is InChI=1S/C26H29N3O3/c1-23(2)10-8-15-17(32-23)7-6-14-16-12-26-18(24(3,4)20(16)27-19(14)15)13-25(21(30)28-26)9-5-11-29(25)22(26)31/h6-8,10,18,27H,5,9,11-13H2,1-4H3,(H,28,30)/t18-,25-,26-/m1/s1. The van der Waals surface area contributed by atoms with Crippen molar-refractivity contribution in [3.8, 4) is 5.75 Å². The van der Waals surface area contributed by atoms with Crippen LogP contribution in [0.25, 0.3) is 17.0 Å². The zero-order chi connectivity index (χ0) is 22.3. The van der Waals surface area contributed by atoms with E-state index in [1.165, 1.54) is 5.69 Å². The normalized spacial score (nSPS) is 35.1. The molecule has 6 nitrogen and oxygen atoms in total. The summed E-state index contributed by atoms with van der Waals surface area (Å²) < 4.78 is 6.21. The van der Waals surface area contributed by atoms with Gasteiger partial charge in [-0.3, -0.25) is 9.59 Å². The first kappa shape index (κ1) is 18.8. The Labute approximate surface area is 187 Å². The summed E-state index contributed by atoms with van der Waals surface area (Å²) in [4.78, 5) is 32.9. The van der Waals surface area contributed by atoms with E-state index in [-0.39, 0.29) is 28.7 Å². The number of rotatable bonds is 0. The minimum absolute atomic E-state index is 0.0564. The second-order valence-corrected chi connectivity index (χ2v) is 11.6. The first-order chi connectivity index (χ1) is 15.1. The monoisotopic (exact) mass is 431 g/mol. The molecule has 4 fully saturated rings. The van der Waals surface area contributed by atoms with Crippen LogP contribution in [-0.2, 0) is 21.4 Å². The molecule has 2 aromatic rings. The number of piperazine rings is 1. The molecule has 3 atom stereocenters. The van der Waals surface area contributed by atoms with Crippen molar-refractivity contribution in [2.75, 3.05) is 6.54 Å². The average Bonchev–Trinajstić information content (AvgIpc) is 3.32. The Hall–Kier alpha value is -2.76. The van der Waals surface area contributed by atoms with Crippen LogP contribution in [0.3, 0.4) is 0 Å². The largest absolute Gasteiger partial charge is 0.483 e. The lowest BCUT2D eigenvalue weighted by molar-refractivity contribution is -0.179. The van der Waals surface area contributed by atoms with Gasteiger partial charge in [-0.05, 0) is 63.0 Å². The van der Waals surface area contributed by atoms with Crippen LogP contribution in [-0.4, -0.2) is 44.9 Å². The molecule has 8 rings (SSSR count). The Morgan fingerprint density at radius 2 is 1.97 bits per heavy atom. The molecule has 2 amide bonds. The molecular weight excluding hydrogens is 402 g/mol. The molecular formula is C26H29N3O3. The van der Waals surface area contributed by atoms with E-state index >= 15 is 0 Å². The van der Waals surface area contributed by atoms with Crippen LogP contribution in [0.4, 0.5) is 0 Å². The topological polar surface area (TPSA) is 74.4 Å². The summed E-state index contributed by atoms with van der Waals surface area (Å²) in [7, 11) is 0. The minimum atomic E-state index is -0.848. The van der Waals surface area contributed by atoms with Gasteiger partial charge in [0.2, 0.25) is 11.8 Å². The molecule has 0 radical (unpaired) electrons. The Kier molecular flexibility index (Phi) is 3.07. The second-order valence-electron chi connectivity index (χ2n) is 11.6. The fourth-order valence-electron chi connectivity index (χ4n) is 7.56. The van der Waals surface area contributed by atoms with Crippen molar-refractivity contribution in [1.82, 2.24) is 15.2 Å². The van der Waals surface area contributed by atoms with Crippen molar-refractivity contribution in [1.29, 1.82) is 0 Å². The molecule has 1 aliphatic carbocycles. The van der Waals surface area contributed by atoms with Crippen molar-refractivity contribution < 1.29 is 14.3 Å². The summed E-state index contributed by atoms with van der Waals surface area (Å²) in [6.07, 6.45) is 7.22. The first-order valence-electron chi connectivity index (χ1n) is 11.8. The van der Waals surface area contributed by atoms with Gasteiger partial charge >= 0.3 is 0 Å². The predicted octanol–water partition coefficient (Wildman–Crippen LogP) is 3.44. The van der Waals surface area contributed by atoms with Gasteiger partial charge in [0.1, 0.15) is 22.4 Å². The van der Waals surface area contributed by atoms with Gasteiger partial charge < -0.3 is 19.9 Å². The molecule has 6 heteroatoms. The number of fused-ring (bicyclic) bond motifs is 6. The number of aromatic amines is 1. The van der Waals surface area contributed by atoms with Crippen molar-refractivity contribution in [2.24, 2.45) is 5.92 Å². The number of hydrogen-bond acceptors (Lipinski definition) is 3. The first-order valence-corrected chi connectivity index (χ1v) is 11.8. The SMILES string of the molecule is CC1(C)C=Cc2c(ccc3c4c([nH]c23)C(C)(C)[C@H]2C[C@@]35CCCN3C(=O)[C@]2(C4)NC5=O)O1. The zero-order valence-corrected chi connectivity index (χ0v) is 19.1. The van der Waals surface area contributed by atoms with Gasteiger partial charge in [0.25, 0.3) is 0 Å². The lowest BCUT2D eigenvalue weighted by atomic mass is 9.51. The maximum atomic E-state index is 13.9. The summed E-state index contributed by atoms with van der Waals surface area (Å²) in [5, 5.41) is 4.41. The Bertz CT molecular complexity index is 1280. The Morgan fingerprint density at radius 1 is 1.16 bits per heavy atom. The molecule has 5 aliphatic heterocycles. The molecule has 2 bridgehead atoms. The van der Waals surface area contributed by atoms with Gasteiger partial charge in [-0.25, -0.2) is 0 Å². The Balaban J connectivity index is 1.46. The number of amides is 2. The fraction of sp³-hybridized carbons (Fsp3) is 0.538. The number of carbonyl (C=O) groups excluding carboxylic acids is 2. The smallest absolute Gasteiger partial charge is 0.249 e. The predicted molar refractivity (Wildman–Crippen MR) is 121 cm³/mol. The number of benzene rings is 1. The van der Waals surface area contributed by atoms with E-state index in [1.54, 1.807) is 0 Å². The molecule has 6 heterocycles. The number of nitrogens with zero attached hydrogens (tertiary/aromatic N) is 1. The lowest BCUT2D eigenvalue weighted by Gasteiger charge is -2.64. The number of ether oxygens (including phenoxy) is 1. The van der Waals surface area contributed by atoms with Gasteiger partial charge in [0, 0.05) is 40.9 Å². The third-order valence-electron chi connectivity index (χ3n) is 9.09. The molecule has 6 aliphatic rings. The van der Waals surface area contributed by atoms with Gasteiger partial charge in [-0.2, -0.15) is 0 Å². The van der Waals surface area contributed by atoms with Crippen molar-refractivity contribution in [3.05, 3.63) is 35.0 Å². The van der Waals surface area contributed by atoms with E-state index in [2.05, 4.69) is 56.2 Å². The van der Waals surface area contributed by atoms with Crippen molar-refractivity contribution in [2.45, 2.75) is 75.5 Å². The van der Waals surface area contributed by atoms with Crippen LogP contribution in [0.5, 0.6) is 5.75 Å². The molecule has 2 spiro atoms. The number of aromatic nitrogens is 1. The Morgan fingerprint density at radius 3 is 2.78 bits per heavy atom. The molecule has 2 N–H and O–H groups in total.